The largest absolute Gasteiger partial charge is 0.394 e. The molecule has 0 aromatic carbocycles. The lowest BCUT2D eigenvalue weighted by molar-refractivity contribution is -0.326. The Labute approximate surface area is 138 Å². The Balaban J connectivity index is 2.16. The average molecular weight is 354 g/mol. The van der Waals surface area contributed by atoms with Gasteiger partial charge in [-0.25, -0.2) is 0 Å². The van der Waals surface area contributed by atoms with E-state index in [1.54, 1.807) is 0 Å². The van der Waals surface area contributed by atoms with Crippen LogP contribution in [0.15, 0.2) is 0 Å². The zero-order valence-electron chi connectivity index (χ0n) is 13.2. The van der Waals surface area contributed by atoms with E-state index in [-0.39, 0.29) is 0 Å². The maximum atomic E-state index is 10.2. The van der Waals surface area contributed by atoms with Gasteiger partial charge in [0, 0.05) is 0 Å². The van der Waals surface area contributed by atoms with E-state index in [2.05, 4.69) is 5.32 Å². The van der Waals surface area contributed by atoms with Crippen molar-refractivity contribution in [3.05, 3.63) is 0 Å². The van der Waals surface area contributed by atoms with Gasteiger partial charge in [0.25, 0.3) is 0 Å². The van der Waals surface area contributed by atoms with Crippen molar-refractivity contribution >= 4 is 0 Å². The van der Waals surface area contributed by atoms with Gasteiger partial charge in [-0.05, 0) is 7.05 Å². The molecule has 11 heteroatoms. The molecule has 2 heterocycles. The van der Waals surface area contributed by atoms with Gasteiger partial charge in [-0.3, -0.25) is 0 Å². The Morgan fingerprint density at radius 2 is 1.58 bits per heavy atom. The molecule has 24 heavy (non-hydrogen) atoms. The third-order valence-corrected chi connectivity index (χ3v) is 4.43. The van der Waals surface area contributed by atoms with Crippen LogP contribution in [0.4, 0.5) is 0 Å². The summed E-state index contributed by atoms with van der Waals surface area (Å²) in [6.45, 7) is -1.11. The van der Waals surface area contributed by atoms with Gasteiger partial charge in [0.1, 0.15) is 36.6 Å². The second-order valence-corrected chi connectivity index (χ2v) is 5.94. The molecule has 0 aliphatic carbocycles. The Kier molecular flexibility index (Phi) is 6.87. The van der Waals surface area contributed by atoms with E-state index in [1.807, 2.05) is 0 Å². The zero-order chi connectivity index (χ0) is 18.0. The zero-order valence-corrected chi connectivity index (χ0v) is 13.2. The SMILES string of the molecule is CNC1[C@H](O[C@H]2C(O)C(N)[C@@H](O)O[C@H]2CO)OC(CO)[C@@H](O)[C@@H]1O. The van der Waals surface area contributed by atoms with Crippen LogP contribution in [0.5, 0.6) is 0 Å². The summed E-state index contributed by atoms with van der Waals surface area (Å²) in [6, 6.07) is -2.05. The molecule has 0 aromatic rings. The van der Waals surface area contributed by atoms with Gasteiger partial charge < -0.3 is 55.9 Å². The average Bonchev–Trinajstić information content (AvgIpc) is 2.58. The molecule has 0 radical (unpaired) electrons. The quantitative estimate of drug-likeness (QED) is 0.236. The minimum absolute atomic E-state index is 0.556. The van der Waals surface area contributed by atoms with Crippen molar-refractivity contribution in [3.63, 3.8) is 0 Å². The normalized spacial score (nSPS) is 50.0. The molecule has 2 aliphatic heterocycles. The molecule has 0 bridgehead atoms. The monoisotopic (exact) mass is 354 g/mol. The number of hydrogen-bond donors (Lipinski definition) is 8. The maximum absolute atomic E-state index is 10.2. The Hall–Kier alpha value is -0.440. The van der Waals surface area contributed by atoms with Crippen molar-refractivity contribution in [3.8, 4) is 0 Å². The van der Waals surface area contributed by atoms with Gasteiger partial charge in [-0.2, -0.15) is 0 Å². The van der Waals surface area contributed by atoms with Crippen molar-refractivity contribution in [2.45, 2.75) is 61.3 Å². The minimum Gasteiger partial charge on any atom is -0.394 e. The summed E-state index contributed by atoms with van der Waals surface area (Å²) in [5, 5.41) is 61.2. The molecule has 2 saturated heterocycles. The molecule has 0 aromatic heterocycles. The Morgan fingerprint density at radius 1 is 0.958 bits per heavy atom. The number of nitrogens with two attached hydrogens (primary N) is 1. The first-order valence-electron chi connectivity index (χ1n) is 7.68. The van der Waals surface area contributed by atoms with Crippen LogP contribution in [-0.2, 0) is 14.2 Å². The third-order valence-electron chi connectivity index (χ3n) is 4.43. The summed E-state index contributed by atoms with van der Waals surface area (Å²) >= 11 is 0. The Morgan fingerprint density at radius 3 is 2.12 bits per heavy atom. The molecule has 11 nitrogen and oxygen atoms in total. The van der Waals surface area contributed by atoms with E-state index in [9.17, 15) is 30.6 Å². The summed E-state index contributed by atoms with van der Waals surface area (Å²) in [7, 11) is 1.51. The third kappa shape index (κ3) is 3.71. The molecule has 142 valence electrons. The lowest BCUT2D eigenvalue weighted by Gasteiger charge is -2.46. The van der Waals surface area contributed by atoms with E-state index in [0.717, 1.165) is 0 Å². The van der Waals surface area contributed by atoms with Crippen LogP contribution in [-0.4, -0.2) is 112 Å². The van der Waals surface area contributed by atoms with Crippen LogP contribution in [0.2, 0.25) is 0 Å². The number of rotatable bonds is 5. The number of aliphatic hydroxyl groups is 6. The lowest BCUT2D eigenvalue weighted by Crippen LogP contribution is -2.67. The predicted octanol–water partition coefficient (Wildman–Crippen LogP) is -5.20. The topological polar surface area (TPSA) is 187 Å². The number of likely N-dealkylation sites (N-methyl/N-ethyl adjacent to an activating group) is 1. The molecule has 10 atom stereocenters. The van der Waals surface area contributed by atoms with E-state index < -0.39 is 74.5 Å². The molecule has 4 unspecified atom stereocenters. The number of nitrogens with one attached hydrogen (secondary N) is 1. The summed E-state index contributed by atoms with van der Waals surface area (Å²) < 4.78 is 16.2. The van der Waals surface area contributed by atoms with Crippen molar-refractivity contribution in [1.82, 2.24) is 5.32 Å². The molecule has 0 spiro atoms. The van der Waals surface area contributed by atoms with Crippen LogP contribution >= 0.6 is 0 Å². The fourth-order valence-corrected chi connectivity index (χ4v) is 2.93. The Bertz CT molecular complexity index is 402. The van der Waals surface area contributed by atoms with Crippen molar-refractivity contribution in [2.75, 3.05) is 20.3 Å². The van der Waals surface area contributed by atoms with Crippen molar-refractivity contribution in [1.29, 1.82) is 0 Å². The number of ether oxygens (including phenoxy) is 3. The lowest BCUT2D eigenvalue weighted by atomic mass is 9.95. The van der Waals surface area contributed by atoms with Crippen LogP contribution < -0.4 is 11.1 Å². The number of hydrogen-bond acceptors (Lipinski definition) is 11. The first-order chi connectivity index (χ1) is 11.3. The predicted molar refractivity (Wildman–Crippen MR) is 77.4 cm³/mol. The van der Waals surface area contributed by atoms with Gasteiger partial charge in [0.05, 0.1) is 25.3 Å². The van der Waals surface area contributed by atoms with Gasteiger partial charge >= 0.3 is 0 Å². The molecule has 0 saturated carbocycles. The van der Waals surface area contributed by atoms with E-state index in [4.69, 9.17) is 19.9 Å². The highest BCUT2D eigenvalue weighted by atomic mass is 16.7. The second-order valence-electron chi connectivity index (χ2n) is 5.94. The fourth-order valence-electron chi connectivity index (χ4n) is 2.93. The van der Waals surface area contributed by atoms with Crippen LogP contribution in [0, 0.1) is 0 Å². The van der Waals surface area contributed by atoms with Gasteiger partial charge in [-0.1, -0.05) is 0 Å². The highest BCUT2D eigenvalue weighted by Crippen LogP contribution is 2.27. The van der Waals surface area contributed by atoms with E-state index in [0.29, 0.717) is 0 Å². The first-order valence-corrected chi connectivity index (χ1v) is 7.68. The van der Waals surface area contributed by atoms with Crippen LogP contribution in [0.1, 0.15) is 0 Å². The highest BCUT2D eigenvalue weighted by molar-refractivity contribution is 4.96. The molecule has 2 fully saturated rings. The molecule has 0 amide bonds. The summed E-state index contributed by atoms with van der Waals surface area (Å²) in [4.78, 5) is 0. The maximum Gasteiger partial charge on any atom is 0.176 e. The highest BCUT2D eigenvalue weighted by Gasteiger charge is 2.49. The van der Waals surface area contributed by atoms with E-state index >= 15 is 0 Å². The van der Waals surface area contributed by atoms with Crippen molar-refractivity contribution < 1.29 is 44.8 Å². The van der Waals surface area contributed by atoms with Crippen LogP contribution in [0.3, 0.4) is 0 Å². The smallest absolute Gasteiger partial charge is 0.176 e. The molecule has 9 N–H and O–H groups in total. The van der Waals surface area contributed by atoms with Gasteiger partial charge in [0.2, 0.25) is 0 Å². The second kappa shape index (κ2) is 8.29. The molecular formula is C13H26N2O9. The molecule has 2 rings (SSSR count). The summed E-state index contributed by atoms with van der Waals surface area (Å²) in [6.07, 6.45) is -9.99. The van der Waals surface area contributed by atoms with Crippen LogP contribution in [0.25, 0.3) is 0 Å². The van der Waals surface area contributed by atoms with Gasteiger partial charge in [0.15, 0.2) is 12.6 Å². The molecular weight excluding hydrogens is 328 g/mol. The molecule has 2 aliphatic rings. The first kappa shape index (κ1) is 19.9. The standard InChI is InChI=1S/C13H26N2O9/c1-15-7-10(20)8(18)4(2-16)23-13(7)24-11-5(3-17)22-12(21)6(14)9(11)19/h4-13,15-21H,2-3,14H2,1H3/t4?,5-,6?,7?,8+,9?,10+,11+,12-,13-/m0/s1. The number of aliphatic hydroxyl groups excluding tert-OH is 6. The minimum atomic E-state index is -1.47. The van der Waals surface area contributed by atoms with E-state index in [1.165, 1.54) is 7.05 Å². The van der Waals surface area contributed by atoms with Crippen molar-refractivity contribution in [2.24, 2.45) is 5.73 Å². The van der Waals surface area contributed by atoms with Gasteiger partial charge in [-0.15, -0.1) is 0 Å². The summed E-state index contributed by atoms with van der Waals surface area (Å²) in [5.74, 6) is 0. The summed E-state index contributed by atoms with van der Waals surface area (Å²) in [5.41, 5.74) is 5.63. The fraction of sp³-hybridized carbons (Fsp3) is 1.00.